The van der Waals surface area contributed by atoms with Gasteiger partial charge in [-0.3, -0.25) is 4.79 Å². The van der Waals surface area contributed by atoms with Gasteiger partial charge in [-0.2, -0.15) is 0 Å². The van der Waals surface area contributed by atoms with E-state index in [9.17, 15) is 4.79 Å². The van der Waals surface area contributed by atoms with Crippen molar-refractivity contribution in [3.8, 4) is 17.0 Å². The Morgan fingerprint density at radius 1 is 0.897 bits per heavy atom. The summed E-state index contributed by atoms with van der Waals surface area (Å²) in [5.41, 5.74) is 2.49. The first-order valence-corrected chi connectivity index (χ1v) is 9.95. The zero-order valence-corrected chi connectivity index (χ0v) is 16.3. The van der Waals surface area contributed by atoms with Crippen molar-refractivity contribution in [2.75, 3.05) is 29.9 Å². The van der Waals surface area contributed by atoms with Crippen molar-refractivity contribution in [2.24, 2.45) is 0 Å². The normalized spacial score (nSPS) is 13.7. The highest BCUT2D eigenvalue weighted by Gasteiger charge is 2.12. The average Bonchev–Trinajstić information content (AvgIpc) is 2.80. The largest absolute Gasteiger partial charge is 0.484 e. The number of carbonyl (C=O) groups is 1. The molecule has 1 amide bonds. The second-order valence-corrected chi connectivity index (χ2v) is 7.05. The third-order valence-corrected chi connectivity index (χ3v) is 4.91. The van der Waals surface area contributed by atoms with Gasteiger partial charge < -0.3 is 15.0 Å². The fraction of sp³-hybridized carbons (Fsp3) is 0.261. The smallest absolute Gasteiger partial charge is 0.262 e. The Balaban J connectivity index is 1.33. The summed E-state index contributed by atoms with van der Waals surface area (Å²) in [7, 11) is 0. The minimum Gasteiger partial charge on any atom is -0.484 e. The van der Waals surface area contributed by atoms with Gasteiger partial charge in [0.2, 0.25) is 0 Å². The van der Waals surface area contributed by atoms with E-state index in [0.29, 0.717) is 11.4 Å². The summed E-state index contributed by atoms with van der Waals surface area (Å²) in [6.45, 7) is 2.07. The lowest BCUT2D eigenvalue weighted by Crippen LogP contribution is -2.30. The van der Waals surface area contributed by atoms with Gasteiger partial charge in [0.1, 0.15) is 5.75 Å². The maximum absolute atomic E-state index is 12.1. The monoisotopic (exact) mass is 388 g/mol. The number of nitrogens with zero attached hydrogens (tertiary/aromatic N) is 3. The van der Waals surface area contributed by atoms with Gasteiger partial charge in [-0.1, -0.05) is 30.3 Å². The minimum absolute atomic E-state index is 0.0325. The van der Waals surface area contributed by atoms with Crippen LogP contribution in [0.2, 0.25) is 0 Å². The minimum atomic E-state index is -0.202. The van der Waals surface area contributed by atoms with Crippen molar-refractivity contribution in [3.63, 3.8) is 0 Å². The molecule has 0 spiro atoms. The van der Waals surface area contributed by atoms with Crippen LogP contribution in [0.5, 0.6) is 5.75 Å². The van der Waals surface area contributed by atoms with Crippen LogP contribution in [-0.2, 0) is 4.79 Å². The van der Waals surface area contributed by atoms with Crippen LogP contribution in [0, 0.1) is 0 Å². The first kappa shape index (κ1) is 18.9. The van der Waals surface area contributed by atoms with Crippen molar-refractivity contribution in [1.29, 1.82) is 0 Å². The standard InChI is InChI=1S/C23H24N4O2/c28-23(17-29-20-7-3-1-4-8-20)24-19-11-9-18(10-12-19)21-13-14-22(26-25-21)27-15-5-2-6-16-27/h1,3-4,7-14H,2,5-6,15-17H2,(H,24,28). The molecule has 6 heteroatoms. The number of hydrogen-bond acceptors (Lipinski definition) is 5. The Labute approximate surface area is 170 Å². The second kappa shape index (κ2) is 9.19. The molecule has 6 nitrogen and oxygen atoms in total. The number of carbonyl (C=O) groups excluding carboxylic acids is 1. The third kappa shape index (κ3) is 5.10. The molecule has 29 heavy (non-hydrogen) atoms. The third-order valence-electron chi connectivity index (χ3n) is 4.91. The van der Waals surface area contributed by atoms with Gasteiger partial charge in [-0.05, 0) is 55.7 Å². The Hall–Kier alpha value is -3.41. The van der Waals surface area contributed by atoms with Crippen LogP contribution in [0.15, 0.2) is 66.7 Å². The number of hydrogen-bond donors (Lipinski definition) is 1. The quantitative estimate of drug-likeness (QED) is 0.687. The summed E-state index contributed by atoms with van der Waals surface area (Å²) >= 11 is 0. The van der Waals surface area contributed by atoms with Gasteiger partial charge in [0.25, 0.3) is 5.91 Å². The number of amides is 1. The second-order valence-electron chi connectivity index (χ2n) is 7.05. The Bertz CT molecular complexity index is 921. The predicted octanol–water partition coefficient (Wildman–Crippen LogP) is 4.15. The van der Waals surface area contributed by atoms with Crippen molar-refractivity contribution in [3.05, 3.63) is 66.7 Å². The van der Waals surface area contributed by atoms with Gasteiger partial charge >= 0.3 is 0 Å². The van der Waals surface area contributed by atoms with Crippen LogP contribution in [0.25, 0.3) is 11.3 Å². The molecular weight excluding hydrogens is 364 g/mol. The van der Waals surface area contributed by atoms with E-state index in [1.807, 2.05) is 66.7 Å². The SMILES string of the molecule is O=C(COc1ccccc1)Nc1ccc(-c2ccc(N3CCCCC3)nn2)cc1. The van der Waals surface area contributed by atoms with E-state index in [4.69, 9.17) is 4.74 Å². The van der Waals surface area contributed by atoms with Gasteiger partial charge in [0, 0.05) is 24.3 Å². The molecule has 1 aliphatic heterocycles. The Morgan fingerprint density at radius 2 is 1.66 bits per heavy atom. The van der Waals surface area contributed by atoms with Crippen LogP contribution in [0.3, 0.4) is 0 Å². The van der Waals surface area contributed by atoms with Gasteiger partial charge in [0.15, 0.2) is 12.4 Å². The van der Waals surface area contributed by atoms with Crippen LogP contribution in [0.4, 0.5) is 11.5 Å². The Morgan fingerprint density at radius 3 is 2.34 bits per heavy atom. The highest BCUT2D eigenvalue weighted by atomic mass is 16.5. The van der Waals surface area contributed by atoms with E-state index >= 15 is 0 Å². The van der Waals surface area contributed by atoms with Crippen molar-refractivity contribution in [1.82, 2.24) is 10.2 Å². The molecule has 1 aliphatic rings. The summed E-state index contributed by atoms with van der Waals surface area (Å²) in [5, 5.41) is 11.6. The number of benzene rings is 2. The van der Waals surface area contributed by atoms with Crippen molar-refractivity contribution < 1.29 is 9.53 Å². The predicted molar refractivity (Wildman–Crippen MR) is 114 cm³/mol. The number of para-hydroxylation sites is 1. The molecule has 1 N–H and O–H groups in total. The Kier molecular flexibility index (Phi) is 6.00. The highest BCUT2D eigenvalue weighted by Crippen LogP contribution is 2.22. The van der Waals surface area contributed by atoms with E-state index in [2.05, 4.69) is 20.4 Å². The first-order chi connectivity index (χ1) is 14.3. The van der Waals surface area contributed by atoms with Crippen molar-refractivity contribution in [2.45, 2.75) is 19.3 Å². The summed E-state index contributed by atoms with van der Waals surface area (Å²) < 4.78 is 5.46. The van der Waals surface area contributed by atoms with E-state index < -0.39 is 0 Å². The van der Waals surface area contributed by atoms with E-state index in [0.717, 1.165) is 30.2 Å². The molecule has 0 aliphatic carbocycles. The number of rotatable bonds is 6. The zero-order valence-electron chi connectivity index (χ0n) is 16.3. The molecule has 2 heterocycles. The van der Waals surface area contributed by atoms with Gasteiger partial charge in [0.05, 0.1) is 5.69 Å². The molecule has 0 atom stereocenters. The lowest BCUT2D eigenvalue weighted by Gasteiger charge is -2.27. The topological polar surface area (TPSA) is 67.3 Å². The molecule has 148 valence electrons. The first-order valence-electron chi connectivity index (χ1n) is 9.95. The van der Waals surface area contributed by atoms with Crippen LogP contribution in [0.1, 0.15) is 19.3 Å². The van der Waals surface area contributed by atoms with Crippen LogP contribution >= 0.6 is 0 Å². The molecule has 4 rings (SSSR count). The molecule has 1 saturated heterocycles. The van der Waals surface area contributed by atoms with Crippen molar-refractivity contribution >= 4 is 17.4 Å². The molecule has 3 aromatic rings. The molecule has 0 radical (unpaired) electrons. The number of anilines is 2. The molecular formula is C23H24N4O2. The maximum Gasteiger partial charge on any atom is 0.262 e. The fourth-order valence-corrected chi connectivity index (χ4v) is 3.36. The molecule has 0 unspecified atom stereocenters. The molecule has 1 fully saturated rings. The summed E-state index contributed by atoms with van der Waals surface area (Å²) in [6.07, 6.45) is 3.73. The lowest BCUT2D eigenvalue weighted by atomic mass is 10.1. The molecule has 2 aromatic carbocycles. The number of nitrogens with one attached hydrogen (secondary N) is 1. The highest BCUT2D eigenvalue weighted by molar-refractivity contribution is 5.92. The average molecular weight is 388 g/mol. The summed E-state index contributed by atoms with van der Waals surface area (Å²) in [4.78, 5) is 14.4. The summed E-state index contributed by atoms with van der Waals surface area (Å²) in [6, 6.07) is 20.9. The molecule has 0 saturated carbocycles. The van der Waals surface area contributed by atoms with Gasteiger partial charge in [-0.15, -0.1) is 10.2 Å². The van der Waals surface area contributed by atoms with E-state index in [-0.39, 0.29) is 12.5 Å². The number of piperidine rings is 1. The van der Waals surface area contributed by atoms with Crippen LogP contribution in [-0.4, -0.2) is 35.8 Å². The number of aromatic nitrogens is 2. The zero-order chi connectivity index (χ0) is 19.9. The molecule has 1 aromatic heterocycles. The summed E-state index contributed by atoms with van der Waals surface area (Å²) in [5.74, 6) is 1.41. The fourth-order valence-electron chi connectivity index (χ4n) is 3.36. The molecule has 0 bridgehead atoms. The van der Waals surface area contributed by atoms with Gasteiger partial charge in [-0.25, -0.2) is 0 Å². The lowest BCUT2D eigenvalue weighted by molar-refractivity contribution is -0.118. The maximum atomic E-state index is 12.1. The van der Waals surface area contributed by atoms with E-state index in [1.165, 1.54) is 19.3 Å². The van der Waals surface area contributed by atoms with Crippen LogP contribution < -0.4 is 15.0 Å². The number of ether oxygens (including phenoxy) is 1. The van der Waals surface area contributed by atoms with E-state index in [1.54, 1.807) is 0 Å².